The van der Waals surface area contributed by atoms with Crippen molar-refractivity contribution >= 4 is 46.6 Å². The predicted octanol–water partition coefficient (Wildman–Crippen LogP) is 4.22. The summed E-state index contributed by atoms with van der Waals surface area (Å²) >= 11 is 13.6. The summed E-state index contributed by atoms with van der Waals surface area (Å²) in [6, 6.07) is 12.7. The molecule has 1 heterocycles. The third-order valence-electron chi connectivity index (χ3n) is 3.22. The second-order valence-electron chi connectivity index (χ2n) is 5.13. The smallest absolute Gasteiger partial charge is 0.221 e. The summed E-state index contributed by atoms with van der Waals surface area (Å²) in [4.78, 5) is 11.2. The minimum absolute atomic E-state index is 0.138. The molecule has 0 saturated carbocycles. The number of halogens is 2. The number of nitrogens with one attached hydrogen (secondary N) is 1. The Morgan fingerprint density at radius 3 is 2.84 bits per heavy atom. The lowest BCUT2D eigenvalue weighted by atomic mass is 10.2. The highest BCUT2D eigenvalue weighted by molar-refractivity contribution is 7.98. The quantitative estimate of drug-likeness (QED) is 0.656. The van der Waals surface area contributed by atoms with Crippen LogP contribution in [0.15, 0.2) is 47.6 Å². The number of hydrogen-bond acceptors (Lipinski definition) is 5. The van der Waals surface area contributed by atoms with Gasteiger partial charge in [0.05, 0.1) is 5.69 Å². The normalized spacial score (nSPS) is 10.7. The van der Waals surface area contributed by atoms with Gasteiger partial charge < -0.3 is 5.32 Å². The fraction of sp³-hybridized carbons (Fsp3) is 0.125. The van der Waals surface area contributed by atoms with Gasteiger partial charge in [-0.25, -0.2) is 0 Å². The molecule has 0 aliphatic rings. The van der Waals surface area contributed by atoms with Crippen LogP contribution in [0.2, 0.25) is 10.0 Å². The van der Waals surface area contributed by atoms with E-state index in [1.165, 1.54) is 18.7 Å². The fourth-order valence-corrected chi connectivity index (χ4v) is 3.58. The molecule has 0 fully saturated rings. The lowest BCUT2D eigenvalue weighted by Gasteiger charge is -2.08. The summed E-state index contributed by atoms with van der Waals surface area (Å²) < 4.78 is 1.61. The molecule has 0 spiro atoms. The number of nitrogens with zero attached hydrogens (tertiary/aromatic N) is 4. The molecule has 0 atom stereocenters. The van der Waals surface area contributed by atoms with Gasteiger partial charge in [-0.05, 0) is 46.3 Å². The topological polar surface area (TPSA) is 72.7 Å². The number of thioether (sulfide) groups is 1. The molecule has 3 aromatic rings. The predicted molar refractivity (Wildman–Crippen MR) is 99.5 cm³/mol. The van der Waals surface area contributed by atoms with Crippen molar-refractivity contribution in [1.29, 1.82) is 0 Å². The number of aromatic nitrogens is 4. The Bertz CT molecular complexity index is 915. The number of carbonyl (C=O) groups is 1. The SMILES string of the molecule is CC(=O)Nc1cccc(-n2nnnc2SCc2ccc(Cl)cc2Cl)c1. The monoisotopic (exact) mass is 393 g/mol. The van der Waals surface area contributed by atoms with Gasteiger partial charge in [0, 0.05) is 28.4 Å². The molecule has 25 heavy (non-hydrogen) atoms. The van der Waals surface area contributed by atoms with E-state index in [1.54, 1.807) is 28.9 Å². The lowest BCUT2D eigenvalue weighted by molar-refractivity contribution is -0.114. The van der Waals surface area contributed by atoms with Gasteiger partial charge in [-0.3, -0.25) is 4.79 Å². The number of hydrogen-bond donors (Lipinski definition) is 1. The first-order valence-electron chi connectivity index (χ1n) is 7.26. The average molecular weight is 394 g/mol. The molecule has 6 nitrogen and oxygen atoms in total. The minimum atomic E-state index is -0.138. The van der Waals surface area contributed by atoms with Crippen LogP contribution in [0.4, 0.5) is 5.69 Å². The highest BCUT2D eigenvalue weighted by Gasteiger charge is 2.11. The molecule has 0 bridgehead atoms. The Labute approximate surface area is 158 Å². The lowest BCUT2D eigenvalue weighted by Crippen LogP contribution is -2.07. The zero-order chi connectivity index (χ0) is 17.8. The maximum Gasteiger partial charge on any atom is 0.221 e. The molecular weight excluding hydrogens is 381 g/mol. The second kappa shape index (κ2) is 7.86. The maximum absolute atomic E-state index is 11.2. The molecule has 1 aromatic heterocycles. The number of anilines is 1. The van der Waals surface area contributed by atoms with Crippen LogP contribution in [0.5, 0.6) is 0 Å². The molecule has 0 saturated heterocycles. The van der Waals surface area contributed by atoms with Crippen LogP contribution in [0.1, 0.15) is 12.5 Å². The maximum atomic E-state index is 11.2. The highest BCUT2D eigenvalue weighted by Crippen LogP contribution is 2.28. The molecule has 9 heteroatoms. The molecule has 0 unspecified atom stereocenters. The van der Waals surface area contributed by atoms with Crippen molar-refractivity contribution in [3.8, 4) is 5.69 Å². The van der Waals surface area contributed by atoms with Crippen LogP contribution >= 0.6 is 35.0 Å². The zero-order valence-corrected chi connectivity index (χ0v) is 15.4. The first-order chi connectivity index (χ1) is 12.0. The Kier molecular flexibility index (Phi) is 5.57. The Morgan fingerprint density at radius 2 is 2.08 bits per heavy atom. The highest BCUT2D eigenvalue weighted by atomic mass is 35.5. The van der Waals surface area contributed by atoms with Crippen molar-refractivity contribution < 1.29 is 4.79 Å². The van der Waals surface area contributed by atoms with Gasteiger partial charge in [-0.2, -0.15) is 4.68 Å². The first-order valence-corrected chi connectivity index (χ1v) is 9.00. The van der Waals surface area contributed by atoms with E-state index in [-0.39, 0.29) is 5.91 Å². The number of rotatable bonds is 5. The van der Waals surface area contributed by atoms with Crippen LogP contribution in [-0.2, 0) is 10.5 Å². The number of amides is 1. The molecule has 0 radical (unpaired) electrons. The number of carbonyl (C=O) groups excluding carboxylic acids is 1. The molecule has 2 aromatic carbocycles. The van der Waals surface area contributed by atoms with Crippen molar-refractivity contribution in [3.05, 3.63) is 58.1 Å². The fourth-order valence-electron chi connectivity index (χ4n) is 2.13. The van der Waals surface area contributed by atoms with Gasteiger partial charge in [0.1, 0.15) is 0 Å². The van der Waals surface area contributed by atoms with E-state index in [1.807, 2.05) is 18.2 Å². The zero-order valence-electron chi connectivity index (χ0n) is 13.1. The van der Waals surface area contributed by atoms with Crippen LogP contribution in [0, 0.1) is 0 Å². The molecular formula is C16H13Cl2N5OS. The molecule has 3 rings (SSSR count). The summed E-state index contributed by atoms with van der Waals surface area (Å²) in [5, 5.41) is 16.4. The van der Waals surface area contributed by atoms with Gasteiger partial charge in [0.15, 0.2) is 0 Å². The van der Waals surface area contributed by atoms with E-state index < -0.39 is 0 Å². The van der Waals surface area contributed by atoms with Crippen LogP contribution < -0.4 is 5.32 Å². The van der Waals surface area contributed by atoms with Crippen molar-refractivity contribution in [2.45, 2.75) is 17.8 Å². The van der Waals surface area contributed by atoms with E-state index in [2.05, 4.69) is 20.8 Å². The largest absolute Gasteiger partial charge is 0.326 e. The summed E-state index contributed by atoms with van der Waals surface area (Å²) in [6.07, 6.45) is 0. The van der Waals surface area contributed by atoms with Crippen LogP contribution in [0.3, 0.4) is 0 Å². The van der Waals surface area contributed by atoms with E-state index >= 15 is 0 Å². The van der Waals surface area contributed by atoms with Gasteiger partial charge in [-0.1, -0.05) is 47.1 Å². The number of tetrazole rings is 1. The van der Waals surface area contributed by atoms with Crippen LogP contribution in [-0.4, -0.2) is 26.1 Å². The van der Waals surface area contributed by atoms with E-state index in [9.17, 15) is 4.79 Å². The van der Waals surface area contributed by atoms with Crippen molar-refractivity contribution in [3.63, 3.8) is 0 Å². The minimum Gasteiger partial charge on any atom is -0.326 e. The molecule has 0 aliphatic carbocycles. The summed E-state index contributed by atoms with van der Waals surface area (Å²) in [7, 11) is 0. The van der Waals surface area contributed by atoms with Gasteiger partial charge in [0.25, 0.3) is 0 Å². The molecule has 1 N–H and O–H groups in total. The standard InChI is InChI=1S/C16H13Cl2N5OS/c1-10(24)19-13-3-2-4-14(8-13)23-16(20-21-22-23)25-9-11-5-6-12(17)7-15(11)18/h2-8H,9H2,1H3,(H,19,24). The molecule has 1 amide bonds. The summed E-state index contributed by atoms with van der Waals surface area (Å²) in [6.45, 7) is 1.46. The van der Waals surface area contributed by atoms with Crippen LogP contribution in [0.25, 0.3) is 5.69 Å². The Morgan fingerprint density at radius 1 is 1.24 bits per heavy atom. The van der Waals surface area contributed by atoms with E-state index in [0.717, 1.165) is 11.3 Å². The first kappa shape index (κ1) is 17.7. The summed E-state index contributed by atoms with van der Waals surface area (Å²) in [5.74, 6) is 0.461. The van der Waals surface area contributed by atoms with E-state index in [0.29, 0.717) is 26.6 Å². The summed E-state index contributed by atoms with van der Waals surface area (Å²) in [5.41, 5.74) is 2.37. The van der Waals surface area contributed by atoms with Gasteiger partial charge >= 0.3 is 0 Å². The Hall–Kier alpha value is -2.09. The number of benzene rings is 2. The van der Waals surface area contributed by atoms with E-state index in [4.69, 9.17) is 23.2 Å². The van der Waals surface area contributed by atoms with Gasteiger partial charge in [0.2, 0.25) is 11.1 Å². The average Bonchev–Trinajstić information content (AvgIpc) is 3.02. The third kappa shape index (κ3) is 4.50. The molecule has 128 valence electrons. The molecule has 0 aliphatic heterocycles. The van der Waals surface area contributed by atoms with Crippen molar-refractivity contribution in [2.24, 2.45) is 0 Å². The van der Waals surface area contributed by atoms with Crippen molar-refractivity contribution in [2.75, 3.05) is 5.32 Å². The van der Waals surface area contributed by atoms with Crippen molar-refractivity contribution in [1.82, 2.24) is 20.2 Å². The van der Waals surface area contributed by atoms with Gasteiger partial charge in [-0.15, -0.1) is 5.10 Å². The second-order valence-corrected chi connectivity index (χ2v) is 6.92. The third-order valence-corrected chi connectivity index (χ3v) is 4.78. The Balaban J connectivity index is 1.80.